The summed E-state index contributed by atoms with van der Waals surface area (Å²) in [5.74, 6) is 0.331. The second-order valence-corrected chi connectivity index (χ2v) is 18.0. The summed E-state index contributed by atoms with van der Waals surface area (Å²) in [5.41, 5.74) is 2.74. The van der Waals surface area contributed by atoms with Crippen molar-refractivity contribution in [2.24, 2.45) is 34.5 Å². The highest BCUT2D eigenvalue weighted by molar-refractivity contribution is 6.48. The fraction of sp³-hybridized carbons (Fsp3) is 0.710. The van der Waals surface area contributed by atoms with Crippen LogP contribution in [0.4, 0.5) is 0 Å². The van der Waals surface area contributed by atoms with Gasteiger partial charge in [0.1, 0.15) is 0 Å². The van der Waals surface area contributed by atoms with E-state index in [1.165, 1.54) is 11.1 Å². The molecule has 0 aromatic heterocycles. The minimum absolute atomic E-state index is 0.0388. The molecule has 0 N–H and O–H groups in total. The average molecular weight is 543 g/mol. The van der Waals surface area contributed by atoms with Crippen molar-refractivity contribution in [1.29, 1.82) is 0 Å². The Morgan fingerprint density at radius 3 is 2.32 bits per heavy atom. The fourth-order valence-corrected chi connectivity index (χ4v) is 7.95. The SMILES string of the molecule is Cc1cccc([C@H](CO[Si](C)C)[C@@H](C=C[C@@H]2[C@H](C(C)(C)C)C[C@@]3(O[Si](C)C)OC(=O)C[C@H]23)C(C)(C)C)c1. The molecule has 1 heterocycles. The lowest BCUT2D eigenvalue weighted by molar-refractivity contribution is -0.186. The molecule has 0 spiro atoms. The lowest BCUT2D eigenvalue weighted by Crippen LogP contribution is -2.39. The molecule has 1 aromatic rings. The molecule has 1 saturated carbocycles. The van der Waals surface area contributed by atoms with Crippen LogP contribution in [-0.4, -0.2) is 36.4 Å². The Hall–Kier alpha value is -1.22. The molecule has 0 amide bonds. The van der Waals surface area contributed by atoms with Crippen LogP contribution in [0.25, 0.3) is 0 Å². The first-order valence-electron chi connectivity index (χ1n) is 13.9. The van der Waals surface area contributed by atoms with Gasteiger partial charge in [-0.15, -0.1) is 0 Å². The van der Waals surface area contributed by atoms with Crippen LogP contribution in [0.3, 0.4) is 0 Å². The second kappa shape index (κ2) is 11.5. The van der Waals surface area contributed by atoms with E-state index in [0.717, 1.165) is 13.0 Å². The number of allylic oxidation sites excluding steroid dienone is 2. The molecular formula is C31H50O4Si2. The molecule has 6 atom stereocenters. The van der Waals surface area contributed by atoms with Crippen LogP contribution in [0.1, 0.15) is 71.4 Å². The Kier molecular flexibility index (Phi) is 9.42. The van der Waals surface area contributed by atoms with Crippen LogP contribution in [0, 0.1) is 41.4 Å². The normalized spacial score (nSPS) is 28.2. The van der Waals surface area contributed by atoms with Crippen LogP contribution < -0.4 is 0 Å². The van der Waals surface area contributed by atoms with Crippen molar-refractivity contribution in [2.45, 2.75) is 99.2 Å². The number of carbonyl (C=O) groups is 1. The van der Waals surface area contributed by atoms with E-state index in [4.69, 9.17) is 13.6 Å². The van der Waals surface area contributed by atoms with Gasteiger partial charge in [-0.1, -0.05) is 83.5 Å². The molecule has 0 unspecified atom stereocenters. The van der Waals surface area contributed by atoms with E-state index in [1.807, 2.05) is 0 Å². The number of rotatable bonds is 9. The number of esters is 1. The van der Waals surface area contributed by atoms with E-state index in [0.29, 0.717) is 12.3 Å². The van der Waals surface area contributed by atoms with Crippen molar-refractivity contribution in [1.82, 2.24) is 0 Å². The Bertz CT molecular complexity index is 959. The Morgan fingerprint density at radius 1 is 1.11 bits per heavy atom. The number of hydrogen-bond acceptors (Lipinski definition) is 4. The monoisotopic (exact) mass is 542 g/mol. The average Bonchev–Trinajstić information content (AvgIpc) is 3.19. The van der Waals surface area contributed by atoms with Crippen LogP contribution in [0.15, 0.2) is 36.4 Å². The molecule has 0 bridgehead atoms. The van der Waals surface area contributed by atoms with E-state index < -0.39 is 23.9 Å². The smallest absolute Gasteiger partial charge is 0.308 e. The van der Waals surface area contributed by atoms with Gasteiger partial charge in [0.05, 0.1) is 6.42 Å². The predicted molar refractivity (Wildman–Crippen MR) is 156 cm³/mol. The minimum atomic E-state index is -1.03. The van der Waals surface area contributed by atoms with Crippen molar-refractivity contribution in [3.05, 3.63) is 47.5 Å². The highest BCUT2D eigenvalue weighted by Crippen LogP contribution is 2.58. The third kappa shape index (κ3) is 7.26. The largest absolute Gasteiger partial charge is 0.434 e. The molecule has 2 radical (unpaired) electrons. The summed E-state index contributed by atoms with van der Waals surface area (Å²) in [4.78, 5) is 12.6. The number of ether oxygens (including phenoxy) is 1. The number of benzene rings is 1. The molecule has 1 aliphatic carbocycles. The maximum atomic E-state index is 12.6. The summed E-state index contributed by atoms with van der Waals surface area (Å²) in [5, 5.41) is 0. The zero-order valence-electron chi connectivity index (χ0n) is 25.1. The lowest BCUT2D eigenvalue weighted by atomic mass is 9.68. The highest BCUT2D eigenvalue weighted by atomic mass is 28.3. The summed E-state index contributed by atoms with van der Waals surface area (Å²) in [6, 6.07) is 8.91. The molecule has 1 aliphatic heterocycles. The summed E-state index contributed by atoms with van der Waals surface area (Å²) in [6.07, 6.45) is 6.12. The summed E-state index contributed by atoms with van der Waals surface area (Å²) in [6.45, 7) is 25.5. The predicted octanol–water partition coefficient (Wildman–Crippen LogP) is 7.77. The topological polar surface area (TPSA) is 44.8 Å². The van der Waals surface area contributed by atoms with Crippen molar-refractivity contribution >= 4 is 24.0 Å². The Balaban J connectivity index is 2.04. The van der Waals surface area contributed by atoms with Gasteiger partial charge in [0.2, 0.25) is 23.9 Å². The van der Waals surface area contributed by atoms with Crippen molar-refractivity contribution in [3.63, 3.8) is 0 Å². The molecule has 4 nitrogen and oxygen atoms in total. The third-order valence-electron chi connectivity index (χ3n) is 8.16. The van der Waals surface area contributed by atoms with Crippen molar-refractivity contribution in [3.8, 4) is 0 Å². The van der Waals surface area contributed by atoms with E-state index in [2.05, 4.69) is 111 Å². The first-order chi connectivity index (χ1) is 17.0. The molecule has 2 fully saturated rings. The van der Waals surface area contributed by atoms with Crippen LogP contribution in [-0.2, 0) is 18.4 Å². The van der Waals surface area contributed by atoms with Crippen molar-refractivity contribution in [2.75, 3.05) is 6.61 Å². The van der Waals surface area contributed by atoms with Gasteiger partial charge < -0.3 is 13.6 Å². The quantitative estimate of drug-likeness (QED) is 0.182. The molecule has 2 aliphatic rings. The molecule has 206 valence electrons. The molecule has 1 aromatic carbocycles. The van der Waals surface area contributed by atoms with Gasteiger partial charge in [-0.25, -0.2) is 0 Å². The number of fused-ring (bicyclic) bond motifs is 1. The summed E-state index contributed by atoms with van der Waals surface area (Å²) in [7, 11) is -1.84. The fourth-order valence-electron chi connectivity index (χ4n) is 6.46. The number of hydrogen-bond donors (Lipinski definition) is 0. The third-order valence-corrected chi connectivity index (χ3v) is 9.65. The van der Waals surface area contributed by atoms with Gasteiger partial charge >= 0.3 is 5.97 Å². The van der Waals surface area contributed by atoms with E-state index in [9.17, 15) is 4.79 Å². The second-order valence-electron chi connectivity index (χ2n) is 13.9. The summed E-state index contributed by atoms with van der Waals surface area (Å²) >= 11 is 0. The molecular weight excluding hydrogens is 493 g/mol. The van der Waals surface area contributed by atoms with E-state index in [-0.39, 0.29) is 40.5 Å². The van der Waals surface area contributed by atoms with Gasteiger partial charge in [-0.3, -0.25) is 4.79 Å². The van der Waals surface area contributed by atoms with E-state index >= 15 is 0 Å². The molecule has 1 saturated heterocycles. The van der Waals surface area contributed by atoms with Gasteiger partial charge in [0.15, 0.2) is 0 Å². The van der Waals surface area contributed by atoms with Crippen molar-refractivity contribution < 1.29 is 18.4 Å². The maximum Gasteiger partial charge on any atom is 0.308 e. The molecule has 3 rings (SSSR count). The zero-order chi connectivity index (χ0) is 27.8. The molecule has 6 heteroatoms. The van der Waals surface area contributed by atoms with Gasteiger partial charge in [-0.05, 0) is 67.3 Å². The number of aryl methyl sites for hydroxylation is 1. The van der Waals surface area contributed by atoms with Crippen LogP contribution in [0.5, 0.6) is 0 Å². The van der Waals surface area contributed by atoms with E-state index in [1.54, 1.807) is 0 Å². The molecule has 37 heavy (non-hydrogen) atoms. The van der Waals surface area contributed by atoms with Gasteiger partial charge in [-0.2, -0.15) is 0 Å². The zero-order valence-corrected chi connectivity index (χ0v) is 27.1. The Labute approximate surface area is 230 Å². The number of carbonyl (C=O) groups excluding carboxylic acids is 1. The van der Waals surface area contributed by atoms with Gasteiger partial charge in [0, 0.05) is 24.9 Å². The maximum absolute atomic E-state index is 12.6. The minimum Gasteiger partial charge on any atom is -0.434 e. The summed E-state index contributed by atoms with van der Waals surface area (Å²) < 4.78 is 18.9. The lowest BCUT2D eigenvalue weighted by Gasteiger charge is -2.37. The van der Waals surface area contributed by atoms with Crippen LogP contribution in [0.2, 0.25) is 26.2 Å². The Morgan fingerprint density at radius 2 is 1.78 bits per heavy atom. The highest BCUT2D eigenvalue weighted by Gasteiger charge is 2.63. The first kappa shape index (κ1) is 30.3. The standard InChI is InChI=1S/C31H50O4Si2/c1-21-13-12-14-22(17-21)24(20-33-36(8)9)25(29(2,3)4)16-15-23-26-18-28(32)34-31(26,35-37(10)11)19-27(23)30(5,6)7/h12-17,23-27H,18-20H2,1-11H3/t23-,24-,25+,26+,27+,31-/m0/s1. The van der Waals surface area contributed by atoms with Crippen LogP contribution >= 0.6 is 0 Å². The first-order valence-corrected chi connectivity index (χ1v) is 18.7. The van der Waals surface area contributed by atoms with Gasteiger partial charge in [0.25, 0.3) is 0 Å².